The Balaban J connectivity index is 0.000000178. The average molecular weight is 807 g/mol. The van der Waals surface area contributed by atoms with Gasteiger partial charge in [0.15, 0.2) is 0 Å². The number of hydrogen-bond acceptors (Lipinski definition) is 5. The molecule has 2 aliphatic carbocycles. The zero-order valence-electron chi connectivity index (χ0n) is 25.4. The number of rotatable bonds is 3. The molecule has 1 saturated heterocycles. The van der Waals surface area contributed by atoms with Crippen LogP contribution in [-0.4, -0.2) is 40.5 Å². The number of pyridine rings is 2. The molecule has 0 N–H and O–H groups in total. The molecule has 3 heterocycles. The summed E-state index contributed by atoms with van der Waals surface area (Å²) in [7, 11) is 0. The number of benzene rings is 2. The number of ether oxygens (including phenoxy) is 1. The number of aromatic nitrogens is 2. The Kier molecular flexibility index (Phi) is 11.1. The summed E-state index contributed by atoms with van der Waals surface area (Å²) in [5, 5.41) is 1.35. The third kappa shape index (κ3) is 7.50. The van der Waals surface area contributed by atoms with Gasteiger partial charge in [-0.05, 0) is 160 Å². The number of carbonyl (C=O) groups excluding carboxylic acids is 1. The maximum absolute atomic E-state index is 12.1. The molecule has 0 amide bonds. The lowest BCUT2D eigenvalue weighted by atomic mass is 9.91. The van der Waals surface area contributed by atoms with Crippen LogP contribution in [0.4, 0.5) is 0 Å². The van der Waals surface area contributed by atoms with Crippen molar-refractivity contribution >= 4 is 72.6 Å². The van der Waals surface area contributed by atoms with Crippen LogP contribution >= 0.6 is 66.7 Å². The number of fused-ring (bicyclic) bond motifs is 4. The number of hydrogen-bond donors (Lipinski definition) is 0. The fourth-order valence-corrected chi connectivity index (χ4v) is 8.37. The summed E-state index contributed by atoms with van der Waals surface area (Å²) in [5.74, 6) is -0.0540. The lowest BCUT2D eigenvalue weighted by Gasteiger charge is -2.37. The monoisotopic (exact) mass is 803 g/mol. The van der Waals surface area contributed by atoms with Crippen molar-refractivity contribution in [2.45, 2.75) is 56.9 Å². The zero-order chi connectivity index (χ0) is 32.4. The second kappa shape index (κ2) is 15.0. The first-order valence-electron chi connectivity index (χ1n) is 15.6. The summed E-state index contributed by atoms with van der Waals surface area (Å²) in [5.41, 5.74) is 9.48. The standard InChI is InChI=1S/C22H24BrClN2O2.C14H10BrCl2N/c1-2-28-22(27)14-7-9-26(10-8-14)21-19-6-5-18(24)12-15(19)3-4-16-11-17(23)13-25-20(16)21;15-10-5-9-2-1-8-6-11(16)3-4-12(8)13(17)14(9)18-7-10/h5-6,11-14,21H,2-4,7-10H2,1H3;3-7,13H,1-2H2. The van der Waals surface area contributed by atoms with Gasteiger partial charge in [-0.2, -0.15) is 0 Å². The second-order valence-corrected chi connectivity index (χ2v) is 15.1. The number of aryl methyl sites for hydroxylation is 4. The zero-order valence-corrected chi connectivity index (χ0v) is 30.9. The van der Waals surface area contributed by atoms with E-state index in [-0.39, 0.29) is 23.3 Å². The number of carbonyl (C=O) groups is 1. The van der Waals surface area contributed by atoms with E-state index in [4.69, 9.17) is 44.5 Å². The fourth-order valence-electron chi connectivity index (χ4n) is 6.81. The number of halogens is 5. The van der Waals surface area contributed by atoms with E-state index in [1.807, 2.05) is 37.4 Å². The van der Waals surface area contributed by atoms with Gasteiger partial charge >= 0.3 is 5.97 Å². The smallest absolute Gasteiger partial charge is 0.309 e. The van der Waals surface area contributed by atoms with Crippen molar-refractivity contribution in [1.29, 1.82) is 0 Å². The van der Waals surface area contributed by atoms with Crippen LogP contribution in [0.1, 0.15) is 76.0 Å². The van der Waals surface area contributed by atoms with Crippen molar-refractivity contribution in [3.63, 3.8) is 0 Å². The SMILES string of the molecule is CCOC(=O)C1CCN(C2c3ccc(Cl)cc3CCc3cc(Br)cnc32)CC1.Clc1ccc2c(c1)CCc1cc(Br)cnc1C2Cl. The molecule has 0 radical (unpaired) electrons. The van der Waals surface area contributed by atoms with Crippen LogP contribution in [0.15, 0.2) is 69.9 Å². The lowest BCUT2D eigenvalue weighted by Crippen LogP contribution is -2.40. The van der Waals surface area contributed by atoms with Crippen molar-refractivity contribution in [2.75, 3.05) is 19.7 Å². The van der Waals surface area contributed by atoms with E-state index >= 15 is 0 Å². The number of alkyl halides is 1. The molecule has 1 fully saturated rings. The van der Waals surface area contributed by atoms with Gasteiger partial charge in [0.1, 0.15) is 5.38 Å². The van der Waals surface area contributed by atoms with E-state index in [1.165, 1.54) is 27.8 Å². The Morgan fingerprint density at radius 3 is 1.93 bits per heavy atom. The average Bonchev–Trinajstić information content (AvgIpc) is 3.28. The molecule has 1 aliphatic heterocycles. The summed E-state index contributed by atoms with van der Waals surface area (Å²) in [6.45, 7) is 4.02. The van der Waals surface area contributed by atoms with Gasteiger partial charge in [0.2, 0.25) is 0 Å². The number of nitrogens with zero attached hydrogens (tertiary/aromatic N) is 3. The van der Waals surface area contributed by atoms with Crippen LogP contribution in [0.3, 0.4) is 0 Å². The largest absolute Gasteiger partial charge is 0.466 e. The summed E-state index contributed by atoms with van der Waals surface area (Å²) in [4.78, 5) is 23.9. The van der Waals surface area contributed by atoms with Crippen LogP contribution in [0.25, 0.3) is 0 Å². The Morgan fingerprint density at radius 2 is 1.33 bits per heavy atom. The number of esters is 1. The summed E-state index contributed by atoms with van der Waals surface area (Å²) >= 11 is 25.9. The summed E-state index contributed by atoms with van der Waals surface area (Å²) < 4.78 is 7.24. The van der Waals surface area contributed by atoms with Gasteiger partial charge in [-0.3, -0.25) is 19.7 Å². The normalized spacial score (nSPS) is 19.3. The first kappa shape index (κ1) is 33.9. The molecule has 0 saturated carbocycles. The van der Waals surface area contributed by atoms with Gasteiger partial charge in [-0.15, -0.1) is 11.6 Å². The molecule has 46 heavy (non-hydrogen) atoms. The molecule has 10 heteroatoms. The molecule has 2 unspecified atom stereocenters. The predicted octanol–water partition coefficient (Wildman–Crippen LogP) is 9.88. The van der Waals surface area contributed by atoms with Crippen LogP contribution < -0.4 is 0 Å². The maximum atomic E-state index is 12.1. The quantitative estimate of drug-likeness (QED) is 0.153. The van der Waals surface area contributed by atoms with Crippen molar-refractivity contribution in [2.24, 2.45) is 5.92 Å². The molecule has 2 atom stereocenters. The lowest BCUT2D eigenvalue weighted by molar-refractivity contribution is -0.149. The highest BCUT2D eigenvalue weighted by Gasteiger charge is 2.35. The molecule has 2 aromatic carbocycles. The first-order valence-corrected chi connectivity index (χ1v) is 18.4. The van der Waals surface area contributed by atoms with Crippen LogP contribution in [0, 0.1) is 5.92 Å². The van der Waals surface area contributed by atoms with Gasteiger partial charge in [0.25, 0.3) is 0 Å². The first-order chi connectivity index (χ1) is 22.2. The van der Waals surface area contributed by atoms with Crippen molar-refractivity contribution in [3.05, 3.63) is 125 Å². The Bertz CT molecular complexity index is 1640. The molecule has 0 spiro atoms. The third-order valence-corrected chi connectivity index (χ3v) is 10.8. The highest BCUT2D eigenvalue weighted by atomic mass is 79.9. The number of likely N-dealkylation sites (tertiary alicyclic amines) is 1. The van der Waals surface area contributed by atoms with Crippen LogP contribution in [0.5, 0.6) is 0 Å². The maximum Gasteiger partial charge on any atom is 0.309 e. The molecule has 240 valence electrons. The minimum absolute atomic E-state index is 0.00372. The molecule has 7 rings (SSSR count). The Hall–Kier alpha value is -2.00. The molecule has 5 nitrogen and oxygen atoms in total. The van der Waals surface area contributed by atoms with Crippen molar-refractivity contribution in [1.82, 2.24) is 14.9 Å². The van der Waals surface area contributed by atoms with Gasteiger partial charge < -0.3 is 4.74 Å². The van der Waals surface area contributed by atoms with E-state index in [9.17, 15) is 4.79 Å². The Labute approximate surface area is 302 Å². The topological polar surface area (TPSA) is 55.3 Å². The second-order valence-electron chi connectivity index (χ2n) is 11.9. The fraction of sp³-hybridized carbons (Fsp3) is 0.361. The summed E-state index contributed by atoms with van der Waals surface area (Å²) in [6, 6.07) is 16.5. The van der Waals surface area contributed by atoms with E-state index < -0.39 is 0 Å². The van der Waals surface area contributed by atoms with E-state index in [2.05, 4.69) is 66.0 Å². The molecule has 3 aliphatic rings. The molecular weight excluding hydrogens is 773 g/mol. The predicted molar refractivity (Wildman–Crippen MR) is 192 cm³/mol. The van der Waals surface area contributed by atoms with E-state index in [0.717, 1.165) is 87.6 Å². The van der Waals surface area contributed by atoms with E-state index in [1.54, 1.807) is 6.20 Å². The van der Waals surface area contributed by atoms with E-state index in [0.29, 0.717) is 6.61 Å². The minimum Gasteiger partial charge on any atom is -0.466 e. The van der Waals surface area contributed by atoms with Gasteiger partial charge in [0.05, 0.1) is 30.0 Å². The molecule has 4 aromatic rings. The van der Waals surface area contributed by atoms with Gasteiger partial charge in [0, 0.05) is 31.4 Å². The van der Waals surface area contributed by atoms with Gasteiger partial charge in [-0.25, -0.2) is 0 Å². The highest BCUT2D eigenvalue weighted by Crippen LogP contribution is 2.40. The van der Waals surface area contributed by atoms with Crippen molar-refractivity contribution in [3.8, 4) is 0 Å². The Morgan fingerprint density at radius 1 is 0.804 bits per heavy atom. The molecular formula is C36H34Br2Cl3N3O2. The molecule has 2 aromatic heterocycles. The van der Waals surface area contributed by atoms with Crippen LogP contribution in [0.2, 0.25) is 10.0 Å². The highest BCUT2D eigenvalue weighted by molar-refractivity contribution is 9.10. The van der Waals surface area contributed by atoms with Crippen molar-refractivity contribution < 1.29 is 9.53 Å². The molecule has 0 bridgehead atoms. The third-order valence-electron chi connectivity index (χ3n) is 9.05. The minimum atomic E-state index is -0.192. The number of piperidine rings is 1. The summed E-state index contributed by atoms with van der Waals surface area (Å²) in [6.07, 6.45) is 9.13. The van der Waals surface area contributed by atoms with Gasteiger partial charge in [-0.1, -0.05) is 35.3 Å². The van der Waals surface area contributed by atoms with Crippen LogP contribution in [-0.2, 0) is 35.2 Å².